The van der Waals surface area contributed by atoms with E-state index in [4.69, 9.17) is 5.73 Å². The molecule has 1 fully saturated rings. The lowest BCUT2D eigenvalue weighted by molar-refractivity contribution is 0.141. The molecule has 2 amide bonds. The maximum atomic E-state index is 12.4. The van der Waals surface area contributed by atoms with Crippen molar-refractivity contribution in [2.45, 2.75) is 32.9 Å². The van der Waals surface area contributed by atoms with Crippen molar-refractivity contribution in [1.29, 1.82) is 0 Å². The highest BCUT2D eigenvalue weighted by molar-refractivity contribution is 5.74. The Kier molecular flexibility index (Phi) is 5.01. The molecule has 4 nitrogen and oxygen atoms in total. The molecule has 0 unspecified atom stereocenters. The third kappa shape index (κ3) is 3.51. The van der Waals surface area contributed by atoms with Gasteiger partial charge in [0.15, 0.2) is 0 Å². The normalized spacial score (nSPS) is 16.2. The van der Waals surface area contributed by atoms with Gasteiger partial charge in [-0.15, -0.1) is 0 Å². The molecule has 1 aromatic rings. The van der Waals surface area contributed by atoms with Crippen LogP contribution in [0.5, 0.6) is 0 Å². The van der Waals surface area contributed by atoms with Crippen molar-refractivity contribution >= 4 is 6.03 Å². The number of benzene rings is 1. The van der Waals surface area contributed by atoms with E-state index in [1.54, 1.807) is 4.90 Å². The molecule has 0 radical (unpaired) electrons. The Labute approximate surface area is 121 Å². The van der Waals surface area contributed by atoms with Crippen LogP contribution in [0.3, 0.4) is 0 Å². The van der Waals surface area contributed by atoms with Crippen molar-refractivity contribution in [2.75, 3.05) is 20.1 Å². The van der Waals surface area contributed by atoms with Crippen LogP contribution in [0, 0.1) is 5.92 Å². The quantitative estimate of drug-likeness (QED) is 0.921. The second-order valence-electron chi connectivity index (χ2n) is 5.78. The molecule has 110 valence electrons. The minimum Gasteiger partial charge on any atom is -0.326 e. The van der Waals surface area contributed by atoms with Gasteiger partial charge < -0.3 is 15.5 Å². The molecular formula is C16H25N3O. The SMILES string of the molecule is CC1CCN(C(=O)N(C)Cc2ccccc2CN)CC1. The van der Waals surface area contributed by atoms with Crippen molar-refractivity contribution in [1.82, 2.24) is 9.80 Å². The number of nitrogens with two attached hydrogens (primary N) is 1. The van der Waals surface area contributed by atoms with Crippen molar-refractivity contribution in [3.05, 3.63) is 35.4 Å². The van der Waals surface area contributed by atoms with Crippen LogP contribution in [0.1, 0.15) is 30.9 Å². The smallest absolute Gasteiger partial charge is 0.320 e. The minimum atomic E-state index is 0.128. The van der Waals surface area contributed by atoms with E-state index >= 15 is 0 Å². The monoisotopic (exact) mass is 275 g/mol. The topological polar surface area (TPSA) is 49.6 Å². The number of amides is 2. The Morgan fingerprint density at radius 3 is 2.50 bits per heavy atom. The van der Waals surface area contributed by atoms with Crippen LogP contribution >= 0.6 is 0 Å². The lowest BCUT2D eigenvalue weighted by Gasteiger charge is -2.33. The third-order valence-electron chi connectivity index (χ3n) is 4.13. The van der Waals surface area contributed by atoms with Gasteiger partial charge in [-0.2, -0.15) is 0 Å². The van der Waals surface area contributed by atoms with Crippen LogP contribution in [-0.2, 0) is 13.1 Å². The molecule has 4 heteroatoms. The summed E-state index contributed by atoms with van der Waals surface area (Å²) in [4.78, 5) is 16.2. The molecule has 0 atom stereocenters. The molecule has 0 aliphatic carbocycles. The Morgan fingerprint density at radius 2 is 1.90 bits per heavy atom. The number of carbonyl (C=O) groups is 1. The van der Waals surface area contributed by atoms with Crippen LogP contribution in [0.15, 0.2) is 24.3 Å². The van der Waals surface area contributed by atoms with Crippen molar-refractivity contribution < 1.29 is 4.79 Å². The van der Waals surface area contributed by atoms with E-state index in [0.717, 1.165) is 43.0 Å². The van der Waals surface area contributed by atoms with E-state index in [1.807, 2.05) is 36.2 Å². The van der Waals surface area contributed by atoms with Crippen LogP contribution in [-0.4, -0.2) is 36.0 Å². The molecule has 2 N–H and O–H groups in total. The fraction of sp³-hybridized carbons (Fsp3) is 0.562. The van der Waals surface area contributed by atoms with Gasteiger partial charge in [-0.3, -0.25) is 0 Å². The molecule has 0 aromatic heterocycles. The van der Waals surface area contributed by atoms with Crippen LogP contribution in [0.2, 0.25) is 0 Å². The summed E-state index contributed by atoms with van der Waals surface area (Å²) >= 11 is 0. The minimum absolute atomic E-state index is 0.128. The Bertz CT molecular complexity index is 453. The average molecular weight is 275 g/mol. The first-order chi connectivity index (χ1) is 9.61. The van der Waals surface area contributed by atoms with Crippen LogP contribution in [0.4, 0.5) is 4.79 Å². The molecule has 1 heterocycles. The first-order valence-corrected chi connectivity index (χ1v) is 7.38. The highest BCUT2D eigenvalue weighted by Gasteiger charge is 2.23. The molecule has 0 spiro atoms. The third-order valence-corrected chi connectivity index (χ3v) is 4.13. The first-order valence-electron chi connectivity index (χ1n) is 7.38. The lowest BCUT2D eigenvalue weighted by atomic mass is 9.99. The Balaban J connectivity index is 1.97. The summed E-state index contributed by atoms with van der Waals surface area (Å²) < 4.78 is 0. The lowest BCUT2D eigenvalue weighted by Crippen LogP contribution is -2.44. The van der Waals surface area contributed by atoms with Crippen molar-refractivity contribution in [3.63, 3.8) is 0 Å². The summed E-state index contributed by atoms with van der Waals surface area (Å²) in [6.45, 7) is 5.15. The molecule has 0 bridgehead atoms. The number of piperidine rings is 1. The van der Waals surface area contributed by atoms with E-state index in [0.29, 0.717) is 13.1 Å². The Hall–Kier alpha value is -1.55. The summed E-state index contributed by atoms with van der Waals surface area (Å²) in [5.74, 6) is 0.738. The van der Waals surface area contributed by atoms with E-state index in [1.165, 1.54) is 0 Å². The molecule has 20 heavy (non-hydrogen) atoms. The van der Waals surface area contributed by atoms with Gasteiger partial charge in [0, 0.05) is 33.2 Å². The number of carbonyl (C=O) groups excluding carboxylic acids is 1. The van der Waals surface area contributed by atoms with Crippen LogP contribution < -0.4 is 5.73 Å². The summed E-state index contributed by atoms with van der Waals surface area (Å²) in [6, 6.07) is 8.18. The predicted molar refractivity (Wildman–Crippen MR) is 81.2 cm³/mol. The van der Waals surface area contributed by atoms with Crippen molar-refractivity contribution in [3.8, 4) is 0 Å². The maximum absolute atomic E-state index is 12.4. The summed E-state index contributed by atoms with van der Waals surface area (Å²) in [5, 5.41) is 0. The molecule has 1 aliphatic rings. The maximum Gasteiger partial charge on any atom is 0.320 e. The average Bonchev–Trinajstić information content (AvgIpc) is 2.48. The summed E-state index contributed by atoms with van der Waals surface area (Å²) in [6.07, 6.45) is 2.22. The number of hydrogen-bond acceptors (Lipinski definition) is 2. The largest absolute Gasteiger partial charge is 0.326 e. The summed E-state index contributed by atoms with van der Waals surface area (Å²) in [5.41, 5.74) is 7.99. The van der Waals surface area contributed by atoms with Crippen molar-refractivity contribution in [2.24, 2.45) is 11.7 Å². The Morgan fingerprint density at radius 1 is 1.30 bits per heavy atom. The molecular weight excluding hydrogens is 250 g/mol. The van der Waals surface area contributed by atoms with Gasteiger partial charge in [-0.05, 0) is 29.9 Å². The zero-order valence-electron chi connectivity index (χ0n) is 12.5. The second kappa shape index (κ2) is 6.75. The molecule has 1 aliphatic heterocycles. The van der Waals surface area contributed by atoms with E-state index < -0.39 is 0 Å². The van der Waals surface area contributed by atoms with Gasteiger partial charge in [0.1, 0.15) is 0 Å². The van der Waals surface area contributed by atoms with Gasteiger partial charge >= 0.3 is 6.03 Å². The van der Waals surface area contributed by atoms with E-state index in [2.05, 4.69) is 6.92 Å². The fourth-order valence-corrected chi connectivity index (χ4v) is 2.68. The van der Waals surface area contributed by atoms with E-state index in [9.17, 15) is 4.79 Å². The fourth-order valence-electron chi connectivity index (χ4n) is 2.68. The second-order valence-corrected chi connectivity index (χ2v) is 5.78. The number of urea groups is 1. The molecule has 2 rings (SSSR count). The number of rotatable bonds is 3. The van der Waals surface area contributed by atoms with Gasteiger partial charge in [0.2, 0.25) is 0 Å². The highest BCUT2D eigenvalue weighted by atomic mass is 16.2. The molecule has 0 saturated carbocycles. The number of nitrogens with zero attached hydrogens (tertiary/aromatic N) is 2. The van der Waals surface area contributed by atoms with Gasteiger partial charge in [-0.25, -0.2) is 4.79 Å². The van der Waals surface area contributed by atoms with Crippen LogP contribution in [0.25, 0.3) is 0 Å². The summed E-state index contributed by atoms with van der Waals surface area (Å²) in [7, 11) is 1.87. The predicted octanol–water partition coefficient (Wildman–Crippen LogP) is 2.43. The van der Waals surface area contributed by atoms with Gasteiger partial charge in [-0.1, -0.05) is 31.2 Å². The first kappa shape index (κ1) is 14.9. The molecule has 1 aromatic carbocycles. The van der Waals surface area contributed by atoms with Gasteiger partial charge in [0.25, 0.3) is 0 Å². The van der Waals surface area contributed by atoms with Gasteiger partial charge in [0.05, 0.1) is 0 Å². The number of hydrogen-bond donors (Lipinski definition) is 1. The molecule has 1 saturated heterocycles. The standard InChI is InChI=1S/C16H25N3O/c1-13-7-9-19(10-8-13)16(20)18(2)12-15-6-4-3-5-14(15)11-17/h3-6,13H,7-12,17H2,1-2H3. The van der Waals surface area contributed by atoms with E-state index in [-0.39, 0.29) is 6.03 Å². The zero-order valence-corrected chi connectivity index (χ0v) is 12.5. The zero-order chi connectivity index (χ0) is 14.5. The number of likely N-dealkylation sites (tertiary alicyclic amines) is 1. The highest BCUT2D eigenvalue weighted by Crippen LogP contribution is 2.18.